The quantitative estimate of drug-likeness (QED) is 0.242. The van der Waals surface area contributed by atoms with E-state index in [0.29, 0.717) is 17.6 Å². The fourth-order valence-corrected chi connectivity index (χ4v) is 2.29. The molecule has 0 aliphatic heterocycles. The molecule has 0 spiro atoms. The van der Waals surface area contributed by atoms with E-state index in [4.69, 9.17) is 21.6 Å². The Morgan fingerprint density at radius 2 is 2.04 bits per heavy atom. The number of pyridine rings is 1. The van der Waals surface area contributed by atoms with Gasteiger partial charge in [-0.15, -0.1) is 11.6 Å². The maximum Gasteiger partial charge on any atom is 0.212 e. The van der Waals surface area contributed by atoms with Gasteiger partial charge in [-0.05, 0) is 49.2 Å². The zero-order valence-corrected chi connectivity index (χ0v) is 15.0. The predicted octanol–water partition coefficient (Wildman–Crippen LogP) is 3.99. The van der Waals surface area contributed by atoms with Gasteiger partial charge < -0.3 is 15.4 Å². The first kappa shape index (κ1) is 19.3. The Labute approximate surface area is 158 Å². The number of nitrogens with one attached hydrogen (secondary N) is 2. The lowest BCUT2D eigenvalue weighted by atomic mass is 10.1. The number of guanidine groups is 1. The van der Waals surface area contributed by atoms with Crippen molar-refractivity contribution in [2.45, 2.75) is 18.9 Å². The summed E-state index contributed by atoms with van der Waals surface area (Å²) in [4.78, 5) is 7.73. The van der Waals surface area contributed by atoms with Crippen molar-refractivity contribution in [3.63, 3.8) is 0 Å². The van der Waals surface area contributed by atoms with Gasteiger partial charge >= 0.3 is 0 Å². The van der Waals surface area contributed by atoms with E-state index in [2.05, 4.69) is 27.2 Å². The summed E-state index contributed by atoms with van der Waals surface area (Å²) in [6.07, 6.45) is 8.47. The van der Waals surface area contributed by atoms with Crippen molar-refractivity contribution in [3.8, 4) is 11.9 Å². The number of aliphatic imine (C=N–C) groups is 1. The first-order valence-corrected chi connectivity index (χ1v) is 8.50. The second-order valence-electron chi connectivity index (χ2n) is 5.35. The molecule has 2 N–H and O–H groups in total. The summed E-state index contributed by atoms with van der Waals surface area (Å²) < 4.78 is 5.68. The summed E-state index contributed by atoms with van der Waals surface area (Å²) in [6.45, 7) is 4.40. The molecule has 0 fully saturated rings. The molecule has 0 aliphatic carbocycles. The maximum absolute atomic E-state index is 8.87. The van der Waals surface area contributed by atoms with Crippen LogP contribution in [0, 0.1) is 11.5 Å². The van der Waals surface area contributed by atoms with Crippen LogP contribution in [0.3, 0.4) is 0 Å². The van der Waals surface area contributed by atoms with E-state index in [9.17, 15) is 0 Å². The highest BCUT2D eigenvalue weighted by Crippen LogP contribution is 2.16. The Bertz CT molecular complexity index is 756. The Morgan fingerprint density at radius 3 is 2.69 bits per heavy atom. The van der Waals surface area contributed by atoms with Crippen LogP contribution < -0.4 is 15.4 Å². The van der Waals surface area contributed by atoms with Gasteiger partial charge in [0.05, 0.1) is 6.61 Å². The monoisotopic (exact) mass is 369 g/mol. The molecular formula is C19H20ClN5O. The maximum atomic E-state index is 8.87. The third-order valence-corrected chi connectivity index (χ3v) is 3.71. The van der Waals surface area contributed by atoms with Gasteiger partial charge in [-0.25, -0.2) is 0 Å². The van der Waals surface area contributed by atoms with Crippen LogP contribution in [-0.4, -0.2) is 23.6 Å². The topological polar surface area (TPSA) is 82.3 Å². The molecule has 0 saturated carbocycles. The van der Waals surface area contributed by atoms with Gasteiger partial charge in [0.15, 0.2) is 0 Å². The van der Waals surface area contributed by atoms with Gasteiger partial charge in [-0.3, -0.25) is 4.98 Å². The minimum Gasteiger partial charge on any atom is -0.494 e. The number of aromatic nitrogens is 1. The normalized spacial score (nSPS) is 11.9. The average molecular weight is 370 g/mol. The Hall–Kier alpha value is -3.04. The number of ether oxygens (including phenoxy) is 1. The molecule has 0 bridgehead atoms. The van der Waals surface area contributed by atoms with Crippen molar-refractivity contribution in [2.75, 3.05) is 11.9 Å². The SMILES string of the molecule is C=CC(CCCOc1ccc(Cl)cc1)N/C(=N/C#N)Nc1ccncc1. The van der Waals surface area contributed by atoms with Crippen molar-refractivity contribution < 1.29 is 4.74 Å². The number of nitriles is 1. The van der Waals surface area contributed by atoms with Crippen LogP contribution in [0.2, 0.25) is 5.02 Å². The Kier molecular flexibility index (Phi) is 7.97. The van der Waals surface area contributed by atoms with Gasteiger partial charge in [0.25, 0.3) is 0 Å². The van der Waals surface area contributed by atoms with E-state index in [1.54, 1.807) is 48.9 Å². The van der Waals surface area contributed by atoms with E-state index in [1.165, 1.54) is 0 Å². The lowest BCUT2D eigenvalue weighted by Crippen LogP contribution is -2.38. The van der Waals surface area contributed by atoms with Crippen LogP contribution >= 0.6 is 11.6 Å². The summed E-state index contributed by atoms with van der Waals surface area (Å²) in [7, 11) is 0. The first-order valence-electron chi connectivity index (χ1n) is 8.12. The van der Waals surface area contributed by atoms with Crippen LogP contribution in [0.4, 0.5) is 5.69 Å². The van der Waals surface area contributed by atoms with Gasteiger partial charge in [0, 0.05) is 29.1 Å². The summed E-state index contributed by atoms with van der Waals surface area (Å²) in [5.74, 6) is 1.14. The first-order chi connectivity index (χ1) is 12.7. The molecule has 1 aromatic heterocycles. The molecule has 6 nitrogen and oxygen atoms in total. The number of nitrogens with zero attached hydrogens (tertiary/aromatic N) is 3. The largest absolute Gasteiger partial charge is 0.494 e. The zero-order chi connectivity index (χ0) is 18.6. The van der Waals surface area contributed by atoms with E-state index >= 15 is 0 Å². The van der Waals surface area contributed by atoms with Gasteiger partial charge in [0.1, 0.15) is 5.75 Å². The summed E-state index contributed by atoms with van der Waals surface area (Å²) in [5, 5.41) is 15.8. The number of hydrogen-bond donors (Lipinski definition) is 2. The molecule has 26 heavy (non-hydrogen) atoms. The molecule has 2 aromatic rings. The van der Waals surface area contributed by atoms with Crippen molar-refractivity contribution in [2.24, 2.45) is 4.99 Å². The van der Waals surface area contributed by atoms with Crippen LogP contribution in [0.25, 0.3) is 0 Å². The second kappa shape index (κ2) is 10.7. The molecule has 7 heteroatoms. The smallest absolute Gasteiger partial charge is 0.212 e. The van der Waals surface area contributed by atoms with E-state index in [-0.39, 0.29) is 6.04 Å². The summed E-state index contributed by atoms with van der Waals surface area (Å²) in [6, 6.07) is 10.8. The van der Waals surface area contributed by atoms with Crippen molar-refractivity contribution in [1.82, 2.24) is 10.3 Å². The Balaban J connectivity index is 1.80. The number of anilines is 1. The fraction of sp³-hybridized carbons (Fsp3) is 0.211. The van der Waals surface area contributed by atoms with Crippen LogP contribution in [0.5, 0.6) is 5.75 Å². The lowest BCUT2D eigenvalue weighted by molar-refractivity contribution is 0.303. The van der Waals surface area contributed by atoms with Crippen LogP contribution in [0.15, 0.2) is 66.4 Å². The fourth-order valence-electron chi connectivity index (χ4n) is 2.17. The minimum absolute atomic E-state index is 0.0507. The highest BCUT2D eigenvalue weighted by Gasteiger charge is 2.08. The highest BCUT2D eigenvalue weighted by molar-refractivity contribution is 6.30. The van der Waals surface area contributed by atoms with Crippen molar-refractivity contribution in [3.05, 3.63) is 66.5 Å². The third kappa shape index (κ3) is 6.83. The molecule has 0 aliphatic rings. The lowest BCUT2D eigenvalue weighted by Gasteiger charge is -2.18. The van der Waals surface area contributed by atoms with Gasteiger partial charge in [-0.2, -0.15) is 5.26 Å². The molecule has 1 unspecified atom stereocenters. The molecule has 0 saturated heterocycles. The van der Waals surface area contributed by atoms with Crippen molar-refractivity contribution >= 4 is 23.2 Å². The van der Waals surface area contributed by atoms with Gasteiger partial charge in [-0.1, -0.05) is 17.7 Å². The minimum atomic E-state index is -0.0507. The van der Waals surface area contributed by atoms with Crippen LogP contribution in [-0.2, 0) is 0 Å². The predicted molar refractivity (Wildman–Crippen MR) is 104 cm³/mol. The zero-order valence-electron chi connectivity index (χ0n) is 14.2. The van der Waals surface area contributed by atoms with Gasteiger partial charge in [0.2, 0.25) is 12.2 Å². The molecule has 0 radical (unpaired) electrons. The van der Waals surface area contributed by atoms with E-state index in [0.717, 1.165) is 24.3 Å². The molecular weight excluding hydrogens is 350 g/mol. The Morgan fingerprint density at radius 1 is 1.31 bits per heavy atom. The number of rotatable bonds is 8. The summed E-state index contributed by atoms with van der Waals surface area (Å²) in [5.41, 5.74) is 0.787. The van der Waals surface area contributed by atoms with Crippen LogP contribution in [0.1, 0.15) is 12.8 Å². The molecule has 134 valence electrons. The number of halogens is 1. The number of benzene rings is 1. The second-order valence-corrected chi connectivity index (χ2v) is 5.79. The molecule has 1 heterocycles. The molecule has 1 aromatic carbocycles. The number of hydrogen-bond acceptors (Lipinski definition) is 4. The molecule has 1 atom stereocenters. The molecule has 0 amide bonds. The third-order valence-electron chi connectivity index (χ3n) is 3.45. The molecule has 2 rings (SSSR count). The average Bonchev–Trinajstić information content (AvgIpc) is 2.66. The van der Waals surface area contributed by atoms with Crippen molar-refractivity contribution in [1.29, 1.82) is 5.26 Å². The standard InChI is InChI=1S/C19H20ClN5O/c1-2-16(4-3-13-26-18-7-5-15(20)6-8-18)24-19(23-14-21)25-17-9-11-22-12-10-17/h2,5-12,16H,1,3-4,13H2,(H2,22,23,24,25). The highest BCUT2D eigenvalue weighted by atomic mass is 35.5. The van der Waals surface area contributed by atoms with E-state index in [1.807, 2.05) is 12.1 Å². The summed E-state index contributed by atoms with van der Waals surface area (Å²) >= 11 is 5.85. The van der Waals surface area contributed by atoms with E-state index < -0.39 is 0 Å².